The Morgan fingerprint density at radius 1 is 1.17 bits per heavy atom. The van der Waals surface area contributed by atoms with E-state index in [2.05, 4.69) is 20.3 Å². The zero-order valence-electron chi connectivity index (χ0n) is 13.4. The third-order valence-corrected chi connectivity index (χ3v) is 3.95. The van der Waals surface area contributed by atoms with E-state index in [4.69, 9.17) is 11.6 Å². The number of carbonyl (C=O) groups is 1. The zero-order valence-corrected chi connectivity index (χ0v) is 14.2. The average molecular weight is 343 g/mol. The van der Waals surface area contributed by atoms with Crippen LogP contribution >= 0.6 is 11.6 Å². The van der Waals surface area contributed by atoms with Gasteiger partial charge in [0.05, 0.1) is 35.5 Å². The molecule has 0 atom stereocenters. The SMILES string of the molecule is Cc1ccc(Cl)nc1-n1ncc(C(=O)N(C)c2ccnnc2)c1C. The van der Waals surface area contributed by atoms with Gasteiger partial charge in [0.2, 0.25) is 0 Å². The Morgan fingerprint density at radius 2 is 1.96 bits per heavy atom. The normalized spacial score (nSPS) is 10.7. The molecule has 0 aliphatic carbocycles. The van der Waals surface area contributed by atoms with Crippen LogP contribution in [0.4, 0.5) is 5.69 Å². The summed E-state index contributed by atoms with van der Waals surface area (Å²) in [7, 11) is 1.68. The molecule has 0 saturated carbocycles. The van der Waals surface area contributed by atoms with Crippen molar-refractivity contribution in [3.8, 4) is 5.82 Å². The number of hydrogen-bond acceptors (Lipinski definition) is 5. The van der Waals surface area contributed by atoms with E-state index in [-0.39, 0.29) is 5.91 Å². The minimum atomic E-state index is -0.188. The van der Waals surface area contributed by atoms with E-state index in [0.717, 1.165) is 5.56 Å². The van der Waals surface area contributed by atoms with Crippen LogP contribution in [0.1, 0.15) is 21.6 Å². The van der Waals surface area contributed by atoms with Gasteiger partial charge in [-0.1, -0.05) is 17.7 Å². The summed E-state index contributed by atoms with van der Waals surface area (Å²) >= 11 is 5.98. The molecule has 0 bridgehead atoms. The molecule has 0 aliphatic heterocycles. The maximum Gasteiger partial charge on any atom is 0.261 e. The van der Waals surface area contributed by atoms with Gasteiger partial charge in [-0.25, -0.2) is 9.67 Å². The first-order valence-electron chi connectivity index (χ1n) is 7.22. The highest BCUT2D eigenvalue weighted by Gasteiger charge is 2.21. The highest BCUT2D eigenvalue weighted by molar-refractivity contribution is 6.29. The van der Waals surface area contributed by atoms with Crippen LogP contribution in [-0.4, -0.2) is 37.9 Å². The molecule has 0 radical (unpaired) electrons. The molecule has 0 unspecified atom stereocenters. The van der Waals surface area contributed by atoms with E-state index < -0.39 is 0 Å². The van der Waals surface area contributed by atoms with Crippen LogP contribution in [0.5, 0.6) is 0 Å². The number of aromatic nitrogens is 5. The van der Waals surface area contributed by atoms with Crippen LogP contribution in [0.25, 0.3) is 5.82 Å². The van der Waals surface area contributed by atoms with Crippen molar-refractivity contribution in [2.75, 3.05) is 11.9 Å². The summed E-state index contributed by atoms with van der Waals surface area (Å²) in [5, 5.41) is 12.2. The van der Waals surface area contributed by atoms with Crippen molar-refractivity contribution in [2.45, 2.75) is 13.8 Å². The van der Waals surface area contributed by atoms with Gasteiger partial charge >= 0.3 is 0 Å². The number of aryl methyl sites for hydroxylation is 1. The Balaban J connectivity index is 1.98. The fraction of sp³-hybridized carbons (Fsp3) is 0.188. The Morgan fingerprint density at radius 3 is 2.67 bits per heavy atom. The molecule has 0 aliphatic rings. The zero-order chi connectivity index (χ0) is 17.3. The van der Waals surface area contributed by atoms with Crippen LogP contribution in [-0.2, 0) is 0 Å². The molecule has 3 heterocycles. The van der Waals surface area contributed by atoms with Crippen LogP contribution in [0.2, 0.25) is 5.15 Å². The third-order valence-electron chi connectivity index (χ3n) is 3.74. The van der Waals surface area contributed by atoms with Gasteiger partial charge in [-0.2, -0.15) is 15.3 Å². The number of amides is 1. The Bertz CT molecular complexity index is 893. The third kappa shape index (κ3) is 2.85. The van der Waals surface area contributed by atoms with Crippen molar-refractivity contribution >= 4 is 23.2 Å². The van der Waals surface area contributed by atoms with E-state index in [0.29, 0.717) is 27.9 Å². The van der Waals surface area contributed by atoms with Crippen molar-refractivity contribution in [1.82, 2.24) is 25.0 Å². The van der Waals surface area contributed by atoms with E-state index in [1.807, 2.05) is 19.9 Å². The van der Waals surface area contributed by atoms with E-state index in [1.54, 1.807) is 23.9 Å². The number of hydrogen-bond donors (Lipinski definition) is 0. The second-order valence-corrected chi connectivity index (χ2v) is 5.68. The van der Waals surface area contributed by atoms with Crippen LogP contribution in [0, 0.1) is 13.8 Å². The van der Waals surface area contributed by atoms with Gasteiger partial charge in [0.1, 0.15) is 5.15 Å². The van der Waals surface area contributed by atoms with E-state index in [1.165, 1.54) is 23.5 Å². The van der Waals surface area contributed by atoms with Gasteiger partial charge in [0.25, 0.3) is 5.91 Å². The molecule has 0 N–H and O–H groups in total. The highest BCUT2D eigenvalue weighted by atomic mass is 35.5. The second-order valence-electron chi connectivity index (χ2n) is 5.29. The number of pyridine rings is 1. The molecular formula is C16H15ClN6O. The summed E-state index contributed by atoms with van der Waals surface area (Å²) in [6.07, 6.45) is 4.60. The first-order valence-corrected chi connectivity index (χ1v) is 7.59. The molecule has 7 nitrogen and oxygen atoms in total. The largest absolute Gasteiger partial charge is 0.310 e. The molecule has 3 aromatic rings. The van der Waals surface area contributed by atoms with Gasteiger partial charge in [-0.15, -0.1) is 0 Å². The Labute approximate surface area is 143 Å². The lowest BCUT2D eigenvalue weighted by atomic mass is 10.2. The number of carbonyl (C=O) groups excluding carboxylic acids is 1. The standard InChI is InChI=1S/C16H15ClN6O/c1-10-4-5-14(17)21-15(10)23-11(2)13(9-20-23)16(24)22(3)12-6-7-18-19-8-12/h4-9H,1-3H3. The van der Waals surface area contributed by atoms with E-state index >= 15 is 0 Å². The summed E-state index contributed by atoms with van der Waals surface area (Å²) in [6, 6.07) is 5.30. The molecule has 0 fully saturated rings. The van der Waals surface area contributed by atoms with Crippen molar-refractivity contribution in [1.29, 1.82) is 0 Å². The van der Waals surface area contributed by atoms with Crippen molar-refractivity contribution < 1.29 is 4.79 Å². The maximum absolute atomic E-state index is 12.7. The number of halogens is 1. The highest BCUT2D eigenvalue weighted by Crippen LogP contribution is 2.20. The van der Waals surface area contributed by atoms with Crippen molar-refractivity contribution in [3.05, 3.63) is 58.8 Å². The lowest BCUT2D eigenvalue weighted by Crippen LogP contribution is -2.26. The van der Waals surface area contributed by atoms with Gasteiger partial charge in [-0.05, 0) is 31.5 Å². The predicted octanol–water partition coefficient (Wildman–Crippen LogP) is 2.60. The topological polar surface area (TPSA) is 76.8 Å². The quantitative estimate of drug-likeness (QED) is 0.684. The summed E-state index contributed by atoms with van der Waals surface area (Å²) in [5.74, 6) is 0.415. The second kappa shape index (κ2) is 6.37. The minimum Gasteiger partial charge on any atom is -0.310 e. The summed E-state index contributed by atoms with van der Waals surface area (Å²) < 4.78 is 1.62. The van der Waals surface area contributed by atoms with Crippen LogP contribution < -0.4 is 4.90 Å². The van der Waals surface area contributed by atoms with Crippen molar-refractivity contribution in [2.24, 2.45) is 0 Å². The molecule has 0 aromatic carbocycles. The summed E-state index contributed by atoms with van der Waals surface area (Å²) in [6.45, 7) is 3.73. The van der Waals surface area contributed by atoms with Gasteiger partial charge in [0, 0.05) is 7.05 Å². The molecule has 0 spiro atoms. The monoisotopic (exact) mass is 342 g/mol. The van der Waals surface area contributed by atoms with Gasteiger partial charge in [0.15, 0.2) is 5.82 Å². The predicted molar refractivity (Wildman–Crippen MR) is 90.6 cm³/mol. The van der Waals surface area contributed by atoms with Gasteiger partial charge in [-0.3, -0.25) is 4.79 Å². The molecule has 3 aromatic heterocycles. The van der Waals surface area contributed by atoms with E-state index in [9.17, 15) is 4.79 Å². The Kier molecular flexibility index (Phi) is 4.26. The number of nitrogens with zero attached hydrogens (tertiary/aromatic N) is 6. The minimum absolute atomic E-state index is 0.188. The number of anilines is 1. The van der Waals surface area contributed by atoms with Crippen LogP contribution in [0.3, 0.4) is 0 Å². The first kappa shape index (κ1) is 16.1. The molecule has 1 amide bonds. The lowest BCUT2D eigenvalue weighted by molar-refractivity contribution is 0.0992. The molecule has 122 valence electrons. The molecule has 8 heteroatoms. The summed E-state index contributed by atoms with van der Waals surface area (Å²) in [4.78, 5) is 18.5. The fourth-order valence-corrected chi connectivity index (χ4v) is 2.47. The lowest BCUT2D eigenvalue weighted by Gasteiger charge is -2.16. The van der Waals surface area contributed by atoms with Gasteiger partial charge < -0.3 is 4.90 Å². The smallest absolute Gasteiger partial charge is 0.261 e. The molecule has 0 saturated heterocycles. The Hall–Kier alpha value is -2.80. The summed E-state index contributed by atoms with van der Waals surface area (Å²) in [5.41, 5.74) is 2.73. The maximum atomic E-state index is 12.7. The molecule has 3 rings (SSSR count). The van der Waals surface area contributed by atoms with Crippen molar-refractivity contribution in [3.63, 3.8) is 0 Å². The molecule has 24 heavy (non-hydrogen) atoms. The van der Waals surface area contributed by atoms with Crippen LogP contribution in [0.15, 0.2) is 36.8 Å². The number of rotatable bonds is 3. The fourth-order valence-electron chi connectivity index (χ4n) is 2.32. The molecular weight excluding hydrogens is 328 g/mol. The first-order chi connectivity index (χ1) is 11.5. The average Bonchev–Trinajstić information content (AvgIpc) is 2.98.